The Morgan fingerprint density at radius 2 is 1.92 bits per heavy atom. The van der Waals surface area contributed by atoms with E-state index in [4.69, 9.17) is 4.74 Å². The zero-order valence-corrected chi connectivity index (χ0v) is 14.0. The zero-order valence-electron chi connectivity index (χ0n) is 14.0. The highest BCUT2D eigenvalue weighted by molar-refractivity contribution is 5.96. The third-order valence-electron chi connectivity index (χ3n) is 3.76. The molecule has 0 saturated carbocycles. The van der Waals surface area contributed by atoms with Gasteiger partial charge in [-0.15, -0.1) is 0 Å². The number of nitro groups is 1. The van der Waals surface area contributed by atoms with Gasteiger partial charge < -0.3 is 9.64 Å². The Morgan fingerprint density at radius 3 is 2.58 bits per heavy atom. The normalized spacial score (nSPS) is 10.3. The number of nitrogens with zero attached hydrogens (tertiary/aromatic N) is 2. The van der Waals surface area contributed by atoms with Gasteiger partial charge in [-0.05, 0) is 37.6 Å². The monoisotopic (exact) mass is 328 g/mol. The lowest BCUT2D eigenvalue weighted by Crippen LogP contribution is -2.31. The smallest absolute Gasteiger partial charge is 0.273 e. The van der Waals surface area contributed by atoms with Crippen LogP contribution in [0.3, 0.4) is 0 Å². The maximum absolute atomic E-state index is 12.5. The van der Waals surface area contributed by atoms with Crippen LogP contribution in [-0.2, 0) is 0 Å². The van der Waals surface area contributed by atoms with Gasteiger partial charge in [0.25, 0.3) is 11.6 Å². The summed E-state index contributed by atoms with van der Waals surface area (Å²) in [6, 6.07) is 12.2. The first-order valence-corrected chi connectivity index (χ1v) is 7.59. The summed E-state index contributed by atoms with van der Waals surface area (Å²) in [5.74, 6) is 0.492. The highest BCUT2D eigenvalue weighted by Gasteiger charge is 2.20. The first kappa shape index (κ1) is 17.5. The number of likely N-dealkylation sites (N-methyl/N-ethyl adjacent to an activating group) is 1. The van der Waals surface area contributed by atoms with E-state index in [-0.39, 0.29) is 11.6 Å². The second-order valence-corrected chi connectivity index (χ2v) is 5.60. The second-order valence-electron chi connectivity index (χ2n) is 5.60. The number of hydrogen-bond donors (Lipinski definition) is 0. The van der Waals surface area contributed by atoms with E-state index in [9.17, 15) is 14.9 Å². The van der Waals surface area contributed by atoms with E-state index >= 15 is 0 Å². The number of amides is 1. The second kappa shape index (κ2) is 7.59. The maximum atomic E-state index is 12.5. The fourth-order valence-corrected chi connectivity index (χ4v) is 2.37. The molecule has 0 spiro atoms. The van der Waals surface area contributed by atoms with Crippen molar-refractivity contribution in [1.29, 1.82) is 0 Å². The van der Waals surface area contributed by atoms with Crippen LogP contribution in [0, 0.1) is 24.0 Å². The van der Waals surface area contributed by atoms with Crippen LogP contribution >= 0.6 is 0 Å². The quantitative estimate of drug-likeness (QED) is 0.602. The average Bonchev–Trinajstić information content (AvgIpc) is 2.54. The van der Waals surface area contributed by atoms with Gasteiger partial charge in [-0.1, -0.05) is 18.2 Å². The van der Waals surface area contributed by atoms with Crippen molar-refractivity contribution in [3.05, 3.63) is 69.3 Å². The molecule has 2 aromatic rings. The summed E-state index contributed by atoms with van der Waals surface area (Å²) < 4.78 is 5.63. The largest absolute Gasteiger partial charge is 0.492 e. The zero-order chi connectivity index (χ0) is 17.7. The van der Waals surface area contributed by atoms with Crippen molar-refractivity contribution < 1.29 is 14.5 Å². The van der Waals surface area contributed by atoms with E-state index in [1.54, 1.807) is 20.0 Å². The molecule has 0 aliphatic carbocycles. The van der Waals surface area contributed by atoms with E-state index in [1.807, 2.05) is 31.2 Å². The van der Waals surface area contributed by atoms with Crippen LogP contribution in [0.2, 0.25) is 0 Å². The Labute approximate surface area is 140 Å². The van der Waals surface area contributed by atoms with Crippen LogP contribution in [0.25, 0.3) is 0 Å². The molecule has 2 aromatic carbocycles. The number of hydrogen-bond acceptors (Lipinski definition) is 4. The summed E-state index contributed by atoms with van der Waals surface area (Å²) in [4.78, 5) is 24.5. The molecule has 0 N–H and O–H groups in total. The maximum Gasteiger partial charge on any atom is 0.273 e. The molecule has 0 bridgehead atoms. The highest BCUT2D eigenvalue weighted by Crippen LogP contribution is 2.22. The minimum atomic E-state index is -0.479. The fraction of sp³-hybridized carbons (Fsp3) is 0.278. The van der Waals surface area contributed by atoms with Crippen LogP contribution in [0.1, 0.15) is 21.5 Å². The predicted molar refractivity (Wildman–Crippen MR) is 91.5 cm³/mol. The van der Waals surface area contributed by atoms with Crippen molar-refractivity contribution in [2.75, 3.05) is 20.2 Å². The Kier molecular flexibility index (Phi) is 5.52. The third-order valence-corrected chi connectivity index (χ3v) is 3.76. The van der Waals surface area contributed by atoms with Crippen LogP contribution in [0.15, 0.2) is 42.5 Å². The number of nitro benzene ring substituents is 1. The molecule has 0 atom stereocenters. The fourth-order valence-electron chi connectivity index (χ4n) is 2.37. The molecule has 0 aliphatic heterocycles. The molecule has 0 fully saturated rings. The lowest BCUT2D eigenvalue weighted by atomic mass is 10.1. The van der Waals surface area contributed by atoms with E-state index in [1.165, 1.54) is 17.0 Å². The lowest BCUT2D eigenvalue weighted by Gasteiger charge is -2.18. The molecule has 0 unspecified atom stereocenters. The van der Waals surface area contributed by atoms with Crippen molar-refractivity contribution >= 4 is 11.6 Å². The first-order chi connectivity index (χ1) is 11.4. The Morgan fingerprint density at radius 1 is 1.21 bits per heavy atom. The summed E-state index contributed by atoms with van der Waals surface area (Å²) in [6.45, 7) is 4.30. The Bertz CT molecular complexity index is 758. The molecule has 6 heteroatoms. The molecule has 0 radical (unpaired) electrons. The van der Waals surface area contributed by atoms with Gasteiger partial charge in [0.15, 0.2) is 0 Å². The van der Waals surface area contributed by atoms with Gasteiger partial charge in [-0.25, -0.2) is 0 Å². The molecule has 0 aromatic heterocycles. The molecule has 0 aliphatic rings. The SMILES string of the molecule is Cc1cccc(OCCN(C)C(=O)c2cccc([N+](=O)[O-])c2C)c1. The molecule has 2 rings (SSSR count). The minimum absolute atomic E-state index is 0.0507. The first-order valence-electron chi connectivity index (χ1n) is 7.59. The van der Waals surface area contributed by atoms with Gasteiger partial charge in [-0.2, -0.15) is 0 Å². The highest BCUT2D eigenvalue weighted by atomic mass is 16.6. The minimum Gasteiger partial charge on any atom is -0.492 e. The van der Waals surface area contributed by atoms with Crippen molar-refractivity contribution in [2.24, 2.45) is 0 Å². The number of carbonyl (C=O) groups is 1. The number of ether oxygens (including phenoxy) is 1. The molecule has 1 amide bonds. The summed E-state index contributed by atoms with van der Waals surface area (Å²) in [6.07, 6.45) is 0. The average molecular weight is 328 g/mol. The van der Waals surface area contributed by atoms with Crippen LogP contribution in [0.4, 0.5) is 5.69 Å². The molecular weight excluding hydrogens is 308 g/mol. The van der Waals surface area contributed by atoms with Crippen molar-refractivity contribution in [2.45, 2.75) is 13.8 Å². The van der Waals surface area contributed by atoms with Crippen molar-refractivity contribution in [1.82, 2.24) is 4.90 Å². The lowest BCUT2D eigenvalue weighted by molar-refractivity contribution is -0.385. The number of carbonyl (C=O) groups excluding carboxylic acids is 1. The van der Waals surface area contributed by atoms with Crippen molar-refractivity contribution in [3.63, 3.8) is 0 Å². The van der Waals surface area contributed by atoms with Gasteiger partial charge in [0.2, 0.25) is 0 Å². The van der Waals surface area contributed by atoms with E-state index < -0.39 is 4.92 Å². The van der Waals surface area contributed by atoms with E-state index in [0.29, 0.717) is 24.3 Å². The standard InChI is InChI=1S/C18H20N2O4/c1-13-6-4-7-15(12-13)24-11-10-19(3)18(21)16-8-5-9-17(14(16)2)20(22)23/h4-9,12H,10-11H2,1-3H3. The number of benzene rings is 2. The molecule has 0 heterocycles. The molecule has 0 saturated heterocycles. The molecule has 24 heavy (non-hydrogen) atoms. The van der Waals surface area contributed by atoms with Gasteiger partial charge in [0.1, 0.15) is 12.4 Å². The summed E-state index contributed by atoms with van der Waals surface area (Å²) in [5, 5.41) is 11.0. The van der Waals surface area contributed by atoms with Crippen LogP contribution in [-0.4, -0.2) is 35.9 Å². The Balaban J connectivity index is 2.00. The topological polar surface area (TPSA) is 72.7 Å². The van der Waals surface area contributed by atoms with Gasteiger partial charge in [0, 0.05) is 24.2 Å². The van der Waals surface area contributed by atoms with E-state index in [2.05, 4.69) is 0 Å². The molecule has 126 valence electrons. The third kappa shape index (κ3) is 4.10. The van der Waals surface area contributed by atoms with Gasteiger partial charge in [-0.3, -0.25) is 14.9 Å². The van der Waals surface area contributed by atoms with E-state index in [0.717, 1.165) is 11.3 Å². The Hall–Kier alpha value is -2.89. The van der Waals surface area contributed by atoms with Crippen LogP contribution in [0.5, 0.6) is 5.75 Å². The van der Waals surface area contributed by atoms with Gasteiger partial charge in [0.05, 0.1) is 11.5 Å². The van der Waals surface area contributed by atoms with Gasteiger partial charge >= 0.3 is 0 Å². The summed E-state index contributed by atoms with van der Waals surface area (Å²) in [7, 11) is 1.65. The molecule has 6 nitrogen and oxygen atoms in total. The summed E-state index contributed by atoms with van der Waals surface area (Å²) >= 11 is 0. The van der Waals surface area contributed by atoms with Crippen LogP contribution < -0.4 is 4.74 Å². The number of aryl methyl sites for hydroxylation is 1. The summed E-state index contributed by atoms with van der Waals surface area (Å²) in [5.41, 5.74) is 1.76. The molecular formula is C18H20N2O4. The predicted octanol–water partition coefficient (Wildman–Crippen LogP) is 3.36. The van der Waals surface area contributed by atoms with Crippen molar-refractivity contribution in [3.8, 4) is 5.75 Å². The number of rotatable bonds is 6.